The minimum absolute atomic E-state index is 0.0615. The molecule has 0 aliphatic heterocycles. The van der Waals surface area contributed by atoms with Crippen LogP contribution in [0.2, 0.25) is 0 Å². The van der Waals surface area contributed by atoms with E-state index in [1.54, 1.807) is 0 Å². The summed E-state index contributed by atoms with van der Waals surface area (Å²) >= 11 is 0. The molecule has 0 aromatic carbocycles. The van der Waals surface area contributed by atoms with Crippen molar-refractivity contribution in [3.05, 3.63) is 0 Å². The van der Waals surface area contributed by atoms with E-state index in [1.807, 2.05) is 13.8 Å². The van der Waals surface area contributed by atoms with E-state index < -0.39 is 0 Å². The Balaban J connectivity index is 1.65. The first kappa shape index (κ1) is 10.9. The maximum absolute atomic E-state index is 11.2. The molecule has 86 valence electrons. The van der Waals surface area contributed by atoms with Crippen LogP contribution in [0.5, 0.6) is 0 Å². The number of fused-ring (bicyclic) bond motifs is 2. The molecule has 2 bridgehead atoms. The molecule has 3 heteroatoms. The monoisotopic (exact) mass is 212 g/mol. The number of hydrogen-bond donors (Lipinski definition) is 0. The Labute approximate surface area is 91.1 Å². The van der Waals surface area contributed by atoms with Gasteiger partial charge in [0.2, 0.25) is 0 Å². The lowest BCUT2D eigenvalue weighted by Gasteiger charge is -2.21. The molecule has 3 atom stereocenters. The van der Waals surface area contributed by atoms with Crippen molar-refractivity contribution in [3.63, 3.8) is 0 Å². The van der Waals surface area contributed by atoms with Crippen LogP contribution >= 0.6 is 0 Å². The highest BCUT2D eigenvalue weighted by Gasteiger charge is 2.40. The molecule has 0 spiro atoms. The molecule has 0 aromatic rings. The van der Waals surface area contributed by atoms with E-state index in [1.165, 1.54) is 25.7 Å². The molecule has 3 nitrogen and oxygen atoms in total. The topological polar surface area (TPSA) is 35.5 Å². The van der Waals surface area contributed by atoms with Crippen molar-refractivity contribution < 1.29 is 14.3 Å². The zero-order chi connectivity index (χ0) is 10.8. The molecule has 0 saturated heterocycles. The number of carbonyl (C=O) groups excluding carboxylic acids is 1. The minimum atomic E-state index is -0.168. The first-order chi connectivity index (χ1) is 7.16. The normalized spacial score (nSPS) is 33.7. The zero-order valence-corrected chi connectivity index (χ0v) is 9.57. The lowest BCUT2D eigenvalue weighted by molar-refractivity contribution is -0.166. The van der Waals surface area contributed by atoms with E-state index in [2.05, 4.69) is 0 Å². The molecule has 15 heavy (non-hydrogen) atoms. The predicted molar refractivity (Wildman–Crippen MR) is 56.1 cm³/mol. The maximum Gasteiger partial charge on any atom is 0.310 e. The summed E-state index contributed by atoms with van der Waals surface area (Å²) in [5.41, 5.74) is 0. The Morgan fingerprint density at radius 3 is 2.67 bits per heavy atom. The lowest BCUT2D eigenvalue weighted by atomic mass is 9.98. The number of rotatable bonds is 4. The van der Waals surface area contributed by atoms with E-state index in [9.17, 15) is 4.79 Å². The van der Waals surface area contributed by atoms with Gasteiger partial charge in [-0.25, -0.2) is 0 Å². The van der Waals surface area contributed by atoms with Crippen molar-refractivity contribution in [1.29, 1.82) is 0 Å². The highest BCUT2D eigenvalue weighted by molar-refractivity contribution is 5.71. The van der Waals surface area contributed by atoms with Gasteiger partial charge >= 0.3 is 5.97 Å². The Morgan fingerprint density at radius 1 is 1.33 bits per heavy atom. The van der Waals surface area contributed by atoms with Crippen LogP contribution in [0.1, 0.15) is 39.5 Å². The van der Waals surface area contributed by atoms with Crippen molar-refractivity contribution in [1.82, 2.24) is 0 Å². The fourth-order valence-electron chi connectivity index (χ4n) is 2.74. The summed E-state index contributed by atoms with van der Waals surface area (Å²) in [7, 11) is 0. The third-order valence-electron chi connectivity index (χ3n) is 3.63. The van der Waals surface area contributed by atoms with Crippen LogP contribution in [0.25, 0.3) is 0 Å². The van der Waals surface area contributed by atoms with Gasteiger partial charge in [-0.3, -0.25) is 4.79 Å². The van der Waals surface area contributed by atoms with E-state index in [0.717, 1.165) is 11.8 Å². The predicted octanol–water partition coefficient (Wildman–Crippen LogP) is 2.35. The van der Waals surface area contributed by atoms with E-state index in [4.69, 9.17) is 9.47 Å². The summed E-state index contributed by atoms with van der Waals surface area (Å²) in [5, 5.41) is 0. The van der Waals surface area contributed by atoms with E-state index >= 15 is 0 Å². The number of esters is 1. The Bertz CT molecular complexity index is 237. The van der Waals surface area contributed by atoms with Gasteiger partial charge in [-0.1, -0.05) is 13.8 Å². The van der Waals surface area contributed by atoms with Crippen LogP contribution in [0.4, 0.5) is 0 Å². The van der Waals surface area contributed by atoms with E-state index in [0.29, 0.717) is 6.10 Å². The van der Waals surface area contributed by atoms with Crippen LogP contribution in [0, 0.1) is 17.8 Å². The van der Waals surface area contributed by atoms with Crippen molar-refractivity contribution in [2.45, 2.75) is 45.6 Å². The lowest BCUT2D eigenvalue weighted by Crippen LogP contribution is -2.23. The van der Waals surface area contributed by atoms with Crippen LogP contribution < -0.4 is 0 Å². The van der Waals surface area contributed by atoms with Crippen LogP contribution in [-0.2, 0) is 14.3 Å². The van der Waals surface area contributed by atoms with Crippen LogP contribution in [0.15, 0.2) is 0 Å². The molecular weight excluding hydrogens is 192 g/mol. The van der Waals surface area contributed by atoms with Gasteiger partial charge in [0, 0.05) is 0 Å². The number of hydrogen-bond acceptors (Lipinski definition) is 3. The Kier molecular flexibility index (Phi) is 3.29. The average Bonchev–Trinajstić information content (AvgIpc) is 2.78. The van der Waals surface area contributed by atoms with Gasteiger partial charge in [0.05, 0.1) is 12.0 Å². The van der Waals surface area contributed by atoms with Crippen molar-refractivity contribution in [3.8, 4) is 0 Å². The third-order valence-corrected chi connectivity index (χ3v) is 3.63. The fraction of sp³-hybridized carbons (Fsp3) is 0.917. The SMILES string of the molecule is CC(C)C(=O)OCOC1CC2CCC1C2. The summed E-state index contributed by atoms with van der Waals surface area (Å²) in [6.07, 6.45) is 5.51. The van der Waals surface area contributed by atoms with Crippen molar-refractivity contribution in [2.75, 3.05) is 6.79 Å². The van der Waals surface area contributed by atoms with Gasteiger partial charge < -0.3 is 9.47 Å². The van der Waals surface area contributed by atoms with Crippen molar-refractivity contribution in [2.24, 2.45) is 17.8 Å². The van der Waals surface area contributed by atoms with Crippen molar-refractivity contribution >= 4 is 5.97 Å². The summed E-state index contributed by atoms with van der Waals surface area (Å²) in [5.74, 6) is 1.38. The molecule has 0 N–H and O–H groups in total. The molecule has 2 aliphatic carbocycles. The smallest absolute Gasteiger partial charge is 0.310 e. The molecule has 2 saturated carbocycles. The molecule has 0 heterocycles. The summed E-state index contributed by atoms with van der Waals surface area (Å²) in [4.78, 5) is 11.2. The van der Waals surface area contributed by atoms with Gasteiger partial charge in [-0.2, -0.15) is 0 Å². The maximum atomic E-state index is 11.2. The summed E-state index contributed by atoms with van der Waals surface area (Å²) in [6.45, 7) is 3.81. The largest absolute Gasteiger partial charge is 0.438 e. The van der Waals surface area contributed by atoms with Gasteiger partial charge in [-0.05, 0) is 37.5 Å². The standard InChI is InChI=1S/C12H20O3/c1-8(2)12(13)15-7-14-11-6-9-3-4-10(11)5-9/h8-11H,3-7H2,1-2H3. The molecule has 2 aliphatic rings. The highest BCUT2D eigenvalue weighted by Crippen LogP contribution is 2.45. The second-order valence-electron chi connectivity index (χ2n) is 5.12. The summed E-state index contributed by atoms with van der Waals surface area (Å²) < 4.78 is 10.6. The second-order valence-corrected chi connectivity index (χ2v) is 5.12. The summed E-state index contributed by atoms with van der Waals surface area (Å²) in [6, 6.07) is 0. The highest BCUT2D eigenvalue weighted by atomic mass is 16.7. The molecule has 2 rings (SSSR count). The van der Waals surface area contributed by atoms with Crippen LogP contribution in [0.3, 0.4) is 0 Å². The number of carbonyl (C=O) groups is 1. The molecule has 0 radical (unpaired) electrons. The molecule has 0 aromatic heterocycles. The third kappa shape index (κ3) is 2.51. The van der Waals surface area contributed by atoms with Gasteiger partial charge in [0.1, 0.15) is 0 Å². The first-order valence-electron chi connectivity index (χ1n) is 5.95. The molecule has 0 amide bonds. The first-order valence-corrected chi connectivity index (χ1v) is 5.95. The fourth-order valence-corrected chi connectivity index (χ4v) is 2.74. The zero-order valence-electron chi connectivity index (χ0n) is 9.57. The molecular formula is C12H20O3. The quantitative estimate of drug-likeness (QED) is 0.530. The van der Waals surface area contributed by atoms with Gasteiger partial charge in [-0.15, -0.1) is 0 Å². The molecule has 3 unspecified atom stereocenters. The van der Waals surface area contributed by atoms with Crippen LogP contribution in [-0.4, -0.2) is 18.9 Å². The average molecular weight is 212 g/mol. The molecule has 2 fully saturated rings. The van der Waals surface area contributed by atoms with Gasteiger partial charge in [0.25, 0.3) is 0 Å². The second kappa shape index (κ2) is 4.52. The van der Waals surface area contributed by atoms with E-state index in [-0.39, 0.29) is 18.7 Å². The Hall–Kier alpha value is -0.570. The Morgan fingerprint density at radius 2 is 2.13 bits per heavy atom. The van der Waals surface area contributed by atoms with Gasteiger partial charge in [0.15, 0.2) is 6.79 Å². The number of ether oxygens (including phenoxy) is 2. The minimum Gasteiger partial charge on any atom is -0.438 e.